The normalized spacial score (nSPS) is 17.6. The highest BCUT2D eigenvalue weighted by Crippen LogP contribution is 2.23. The molecule has 24 heavy (non-hydrogen) atoms. The Balaban J connectivity index is 1.53. The minimum Gasteiger partial charge on any atom is -0.457 e. The molecule has 1 amide bonds. The Labute approximate surface area is 141 Å². The van der Waals surface area contributed by atoms with E-state index in [0.717, 1.165) is 36.6 Å². The number of para-hydroxylation sites is 1. The van der Waals surface area contributed by atoms with Crippen LogP contribution in [-0.2, 0) is 4.79 Å². The van der Waals surface area contributed by atoms with Gasteiger partial charge in [0.1, 0.15) is 11.5 Å². The van der Waals surface area contributed by atoms with E-state index in [1.165, 1.54) is 0 Å². The highest BCUT2D eigenvalue weighted by molar-refractivity contribution is 5.92. The monoisotopic (exact) mass is 326 g/mol. The first-order valence-electron chi connectivity index (χ1n) is 8.22. The Morgan fingerprint density at radius 2 is 1.83 bits per heavy atom. The topological polar surface area (TPSA) is 61.8 Å². The van der Waals surface area contributed by atoms with Gasteiger partial charge < -0.3 is 15.2 Å². The summed E-state index contributed by atoms with van der Waals surface area (Å²) in [6.45, 7) is 1.29. The number of nitrogens with zero attached hydrogens (tertiary/aromatic N) is 1. The third-order valence-corrected chi connectivity index (χ3v) is 4.17. The number of hydrogen-bond acceptors (Lipinski definition) is 4. The van der Waals surface area contributed by atoms with Crippen LogP contribution in [-0.4, -0.2) is 41.7 Å². The van der Waals surface area contributed by atoms with Crippen LogP contribution in [0.25, 0.3) is 0 Å². The lowest BCUT2D eigenvalue weighted by atomic mass is 10.2. The largest absolute Gasteiger partial charge is 0.457 e. The van der Waals surface area contributed by atoms with Crippen molar-refractivity contribution in [2.24, 2.45) is 0 Å². The third kappa shape index (κ3) is 4.34. The second-order valence-corrected chi connectivity index (χ2v) is 5.94. The molecule has 2 aromatic carbocycles. The summed E-state index contributed by atoms with van der Waals surface area (Å²) >= 11 is 0. The standard InChI is InChI=1S/C19H22N2O3/c22-14-16-5-4-12-21(16)13-19(23)20-15-8-10-18(11-9-15)24-17-6-2-1-3-7-17/h1-3,6-11,16,22H,4-5,12-14H2,(H,20,23)/t16-/m1/s1. The molecule has 1 atom stereocenters. The number of anilines is 1. The molecule has 0 spiro atoms. The second kappa shape index (κ2) is 7.95. The molecule has 126 valence electrons. The number of rotatable bonds is 6. The summed E-state index contributed by atoms with van der Waals surface area (Å²) in [6.07, 6.45) is 1.99. The van der Waals surface area contributed by atoms with Crippen molar-refractivity contribution in [1.82, 2.24) is 4.90 Å². The highest BCUT2D eigenvalue weighted by atomic mass is 16.5. The highest BCUT2D eigenvalue weighted by Gasteiger charge is 2.25. The fourth-order valence-electron chi connectivity index (χ4n) is 2.93. The lowest BCUT2D eigenvalue weighted by Gasteiger charge is -2.21. The van der Waals surface area contributed by atoms with Crippen LogP contribution in [0.3, 0.4) is 0 Å². The lowest BCUT2D eigenvalue weighted by Crippen LogP contribution is -2.38. The van der Waals surface area contributed by atoms with Gasteiger partial charge in [-0.05, 0) is 55.8 Å². The number of nitrogens with one attached hydrogen (secondary N) is 1. The number of carbonyl (C=O) groups is 1. The van der Waals surface area contributed by atoms with Crippen LogP contribution in [0.15, 0.2) is 54.6 Å². The van der Waals surface area contributed by atoms with E-state index in [1.807, 2.05) is 59.5 Å². The van der Waals surface area contributed by atoms with Gasteiger partial charge in [-0.3, -0.25) is 9.69 Å². The van der Waals surface area contributed by atoms with Gasteiger partial charge in [-0.2, -0.15) is 0 Å². The molecule has 2 N–H and O–H groups in total. The molecule has 0 aromatic heterocycles. The van der Waals surface area contributed by atoms with Gasteiger partial charge in [0.05, 0.1) is 13.2 Å². The summed E-state index contributed by atoms with van der Waals surface area (Å²) < 4.78 is 5.73. The summed E-state index contributed by atoms with van der Waals surface area (Å²) in [7, 11) is 0. The van der Waals surface area contributed by atoms with Crippen molar-refractivity contribution >= 4 is 11.6 Å². The molecule has 1 aliphatic rings. The van der Waals surface area contributed by atoms with Crippen LogP contribution >= 0.6 is 0 Å². The molecule has 0 aliphatic carbocycles. The van der Waals surface area contributed by atoms with Gasteiger partial charge in [0.15, 0.2) is 0 Å². The fourth-order valence-corrected chi connectivity index (χ4v) is 2.93. The molecule has 0 radical (unpaired) electrons. The maximum Gasteiger partial charge on any atom is 0.238 e. The van der Waals surface area contributed by atoms with Crippen LogP contribution in [0.2, 0.25) is 0 Å². The van der Waals surface area contributed by atoms with E-state index >= 15 is 0 Å². The average Bonchev–Trinajstić information content (AvgIpc) is 3.04. The summed E-state index contributed by atoms with van der Waals surface area (Å²) in [6, 6.07) is 17.0. The number of benzene rings is 2. The molecular weight excluding hydrogens is 304 g/mol. The first-order valence-corrected chi connectivity index (χ1v) is 8.22. The number of hydrogen-bond donors (Lipinski definition) is 2. The summed E-state index contributed by atoms with van der Waals surface area (Å²) in [5.74, 6) is 1.43. The molecule has 1 heterocycles. The Kier molecular flexibility index (Phi) is 5.46. The fraction of sp³-hybridized carbons (Fsp3) is 0.316. The van der Waals surface area contributed by atoms with Crippen molar-refractivity contribution in [1.29, 1.82) is 0 Å². The number of ether oxygens (including phenoxy) is 1. The van der Waals surface area contributed by atoms with Crippen LogP contribution < -0.4 is 10.1 Å². The van der Waals surface area contributed by atoms with E-state index in [4.69, 9.17) is 4.74 Å². The molecule has 1 fully saturated rings. The Bertz CT molecular complexity index is 658. The number of likely N-dealkylation sites (tertiary alicyclic amines) is 1. The van der Waals surface area contributed by atoms with Crippen molar-refractivity contribution in [2.45, 2.75) is 18.9 Å². The quantitative estimate of drug-likeness (QED) is 0.857. The van der Waals surface area contributed by atoms with Crippen LogP contribution in [0.1, 0.15) is 12.8 Å². The smallest absolute Gasteiger partial charge is 0.238 e. The zero-order valence-electron chi connectivity index (χ0n) is 13.5. The maximum absolute atomic E-state index is 12.1. The first kappa shape index (κ1) is 16.5. The van der Waals surface area contributed by atoms with Crippen molar-refractivity contribution in [2.75, 3.05) is 25.0 Å². The number of amides is 1. The van der Waals surface area contributed by atoms with Crippen LogP contribution in [0.5, 0.6) is 11.5 Å². The van der Waals surface area contributed by atoms with E-state index in [2.05, 4.69) is 5.32 Å². The van der Waals surface area contributed by atoms with Crippen molar-refractivity contribution in [3.63, 3.8) is 0 Å². The Morgan fingerprint density at radius 3 is 2.54 bits per heavy atom. The van der Waals surface area contributed by atoms with Crippen molar-refractivity contribution < 1.29 is 14.6 Å². The van der Waals surface area contributed by atoms with Gasteiger partial charge in [-0.15, -0.1) is 0 Å². The number of aliphatic hydroxyl groups excluding tert-OH is 1. The van der Waals surface area contributed by atoms with Crippen molar-refractivity contribution in [3.8, 4) is 11.5 Å². The molecule has 3 rings (SSSR count). The van der Waals surface area contributed by atoms with E-state index in [0.29, 0.717) is 6.54 Å². The Morgan fingerprint density at radius 1 is 1.12 bits per heavy atom. The van der Waals surface area contributed by atoms with Gasteiger partial charge in [-0.1, -0.05) is 18.2 Å². The third-order valence-electron chi connectivity index (χ3n) is 4.17. The minimum atomic E-state index is -0.0629. The van der Waals surface area contributed by atoms with E-state index in [-0.39, 0.29) is 18.6 Å². The molecule has 0 bridgehead atoms. The zero-order chi connectivity index (χ0) is 16.8. The van der Waals surface area contributed by atoms with Gasteiger partial charge in [0.2, 0.25) is 5.91 Å². The second-order valence-electron chi connectivity index (χ2n) is 5.94. The molecule has 0 unspecified atom stereocenters. The molecule has 1 aliphatic heterocycles. The molecule has 1 saturated heterocycles. The average molecular weight is 326 g/mol. The number of aliphatic hydroxyl groups is 1. The number of carbonyl (C=O) groups excluding carboxylic acids is 1. The van der Waals surface area contributed by atoms with E-state index < -0.39 is 0 Å². The van der Waals surface area contributed by atoms with Gasteiger partial charge in [0.25, 0.3) is 0 Å². The van der Waals surface area contributed by atoms with Crippen LogP contribution in [0, 0.1) is 0 Å². The molecule has 2 aromatic rings. The molecule has 0 saturated carbocycles. The summed E-state index contributed by atoms with van der Waals surface area (Å²) in [5, 5.41) is 12.2. The van der Waals surface area contributed by atoms with Gasteiger partial charge >= 0.3 is 0 Å². The summed E-state index contributed by atoms with van der Waals surface area (Å²) in [5.41, 5.74) is 0.736. The Hall–Kier alpha value is -2.37. The predicted octanol–water partition coefficient (Wildman–Crippen LogP) is 2.87. The SMILES string of the molecule is O=C(CN1CCC[C@@H]1CO)Nc1ccc(Oc2ccccc2)cc1. The van der Waals surface area contributed by atoms with E-state index in [9.17, 15) is 9.90 Å². The van der Waals surface area contributed by atoms with Gasteiger partial charge in [0, 0.05) is 11.7 Å². The predicted molar refractivity (Wildman–Crippen MR) is 93.3 cm³/mol. The lowest BCUT2D eigenvalue weighted by molar-refractivity contribution is -0.117. The van der Waals surface area contributed by atoms with Crippen molar-refractivity contribution in [3.05, 3.63) is 54.6 Å². The summed E-state index contributed by atoms with van der Waals surface area (Å²) in [4.78, 5) is 14.2. The maximum atomic E-state index is 12.1. The molecule has 5 nitrogen and oxygen atoms in total. The molecule has 5 heteroatoms. The van der Waals surface area contributed by atoms with E-state index in [1.54, 1.807) is 0 Å². The van der Waals surface area contributed by atoms with Gasteiger partial charge in [-0.25, -0.2) is 0 Å². The molecular formula is C19H22N2O3. The first-order chi connectivity index (χ1) is 11.7. The minimum absolute atomic E-state index is 0.0629. The van der Waals surface area contributed by atoms with Crippen LogP contribution in [0.4, 0.5) is 5.69 Å². The zero-order valence-corrected chi connectivity index (χ0v) is 13.5.